The lowest BCUT2D eigenvalue weighted by atomic mass is 10.1. The number of nitrogens with zero attached hydrogens (tertiary/aromatic N) is 1. The number of carbonyl (C=O) groups is 1. The quantitative estimate of drug-likeness (QED) is 0.440. The number of methoxy groups -OCH3 is 1. The first kappa shape index (κ1) is 25.1. The zero-order chi connectivity index (χ0) is 24.8. The van der Waals surface area contributed by atoms with Gasteiger partial charge in [0, 0.05) is 55.6 Å². The average molecular weight is 478 g/mol. The lowest BCUT2D eigenvalue weighted by Crippen LogP contribution is -2.36. The molecule has 1 fully saturated rings. The number of aromatic nitrogens is 1. The Morgan fingerprint density at radius 2 is 2.00 bits per heavy atom. The van der Waals surface area contributed by atoms with Gasteiger partial charge in [-0.3, -0.25) is 9.78 Å². The van der Waals surface area contributed by atoms with Crippen molar-refractivity contribution in [1.82, 2.24) is 10.3 Å². The standard InChI is InChI=1S/C28H35N3O4/c1-19-25(10-7-23-13-21(15-30-26(19)23)14-29-18-28(2,3)33-4)31-27(32)22-5-8-24(9-6-22)35-17-20-11-12-34-16-20/h5-10,13,15,20,29H,11-12,14,16-18H2,1-4H3,(H,31,32). The molecular weight excluding hydrogens is 442 g/mol. The molecule has 35 heavy (non-hydrogen) atoms. The smallest absolute Gasteiger partial charge is 0.255 e. The maximum absolute atomic E-state index is 12.9. The van der Waals surface area contributed by atoms with Crippen LogP contribution in [-0.2, 0) is 16.0 Å². The fourth-order valence-electron chi connectivity index (χ4n) is 4.03. The van der Waals surface area contributed by atoms with Gasteiger partial charge in [-0.2, -0.15) is 0 Å². The number of amides is 1. The molecule has 1 saturated heterocycles. The van der Waals surface area contributed by atoms with E-state index in [1.807, 2.05) is 51.2 Å². The molecule has 2 N–H and O–H groups in total. The molecule has 1 aromatic heterocycles. The number of pyridine rings is 1. The van der Waals surface area contributed by atoms with Crippen LogP contribution in [0.4, 0.5) is 5.69 Å². The van der Waals surface area contributed by atoms with Crippen LogP contribution in [-0.4, -0.2) is 50.0 Å². The van der Waals surface area contributed by atoms with Gasteiger partial charge in [0.2, 0.25) is 0 Å². The summed E-state index contributed by atoms with van der Waals surface area (Å²) < 4.78 is 16.7. The Bertz CT molecular complexity index is 1150. The van der Waals surface area contributed by atoms with Crippen LogP contribution in [0.15, 0.2) is 48.7 Å². The minimum atomic E-state index is -0.216. The van der Waals surface area contributed by atoms with Gasteiger partial charge in [0.05, 0.1) is 24.3 Å². The Morgan fingerprint density at radius 3 is 2.71 bits per heavy atom. The van der Waals surface area contributed by atoms with Gasteiger partial charge in [-0.1, -0.05) is 6.07 Å². The van der Waals surface area contributed by atoms with Crippen molar-refractivity contribution in [3.05, 3.63) is 65.4 Å². The summed E-state index contributed by atoms with van der Waals surface area (Å²) in [6.45, 7) is 9.73. The topological polar surface area (TPSA) is 81.7 Å². The molecule has 3 aromatic rings. The monoisotopic (exact) mass is 477 g/mol. The highest BCUT2D eigenvalue weighted by molar-refractivity contribution is 6.06. The molecular formula is C28H35N3O4. The molecule has 1 aliphatic rings. The van der Waals surface area contributed by atoms with Crippen LogP contribution < -0.4 is 15.4 Å². The molecule has 2 aromatic carbocycles. The summed E-state index contributed by atoms with van der Waals surface area (Å²) in [4.78, 5) is 17.5. The van der Waals surface area contributed by atoms with E-state index in [2.05, 4.69) is 21.7 Å². The highest BCUT2D eigenvalue weighted by Crippen LogP contribution is 2.25. The molecule has 2 heterocycles. The molecule has 0 aliphatic carbocycles. The van der Waals surface area contributed by atoms with E-state index in [-0.39, 0.29) is 11.5 Å². The summed E-state index contributed by atoms with van der Waals surface area (Å²) in [6, 6.07) is 13.3. The highest BCUT2D eigenvalue weighted by Gasteiger charge is 2.17. The second kappa shape index (κ2) is 11.2. The second-order valence-corrected chi connectivity index (χ2v) is 9.74. The Morgan fingerprint density at radius 1 is 1.20 bits per heavy atom. The number of aryl methyl sites for hydroxylation is 1. The Hall–Kier alpha value is -3.00. The van der Waals surface area contributed by atoms with E-state index < -0.39 is 0 Å². The molecule has 4 rings (SSSR count). The van der Waals surface area contributed by atoms with Crippen molar-refractivity contribution < 1.29 is 19.0 Å². The van der Waals surface area contributed by atoms with Gasteiger partial charge in [0.25, 0.3) is 5.91 Å². The van der Waals surface area contributed by atoms with Crippen LogP contribution >= 0.6 is 0 Å². The Kier molecular flexibility index (Phi) is 8.00. The van der Waals surface area contributed by atoms with Gasteiger partial charge in [-0.15, -0.1) is 0 Å². The zero-order valence-corrected chi connectivity index (χ0v) is 21.0. The number of ether oxygens (including phenoxy) is 3. The number of nitrogens with one attached hydrogen (secondary N) is 2. The van der Waals surface area contributed by atoms with Crippen molar-refractivity contribution in [3.63, 3.8) is 0 Å². The van der Waals surface area contributed by atoms with Crippen molar-refractivity contribution in [1.29, 1.82) is 0 Å². The predicted molar refractivity (Wildman–Crippen MR) is 138 cm³/mol. The minimum absolute atomic E-state index is 0.162. The molecule has 1 aliphatic heterocycles. The van der Waals surface area contributed by atoms with Crippen LogP contribution in [0.25, 0.3) is 10.9 Å². The van der Waals surface area contributed by atoms with E-state index in [4.69, 9.17) is 14.2 Å². The van der Waals surface area contributed by atoms with Crippen LogP contribution in [0.5, 0.6) is 5.75 Å². The fourth-order valence-corrected chi connectivity index (χ4v) is 4.03. The third-order valence-electron chi connectivity index (χ3n) is 6.47. The maximum atomic E-state index is 12.9. The summed E-state index contributed by atoms with van der Waals surface area (Å²) in [5.74, 6) is 1.04. The number of hydrogen-bond donors (Lipinski definition) is 2. The van der Waals surface area contributed by atoms with E-state index in [9.17, 15) is 4.79 Å². The van der Waals surface area contributed by atoms with Crippen molar-refractivity contribution in [3.8, 4) is 5.75 Å². The fraction of sp³-hybridized carbons (Fsp3) is 0.429. The number of anilines is 1. The highest BCUT2D eigenvalue weighted by atomic mass is 16.5. The maximum Gasteiger partial charge on any atom is 0.255 e. The predicted octanol–water partition coefficient (Wildman–Crippen LogP) is 4.73. The molecule has 7 nitrogen and oxygen atoms in total. The van der Waals surface area contributed by atoms with Crippen LogP contribution in [0, 0.1) is 12.8 Å². The molecule has 0 spiro atoms. The van der Waals surface area contributed by atoms with E-state index in [1.165, 1.54) is 0 Å². The average Bonchev–Trinajstić information content (AvgIpc) is 3.38. The van der Waals surface area contributed by atoms with Crippen molar-refractivity contribution >= 4 is 22.5 Å². The largest absolute Gasteiger partial charge is 0.493 e. The summed E-state index contributed by atoms with van der Waals surface area (Å²) in [7, 11) is 1.72. The molecule has 1 amide bonds. The first-order valence-electron chi connectivity index (χ1n) is 12.1. The Labute approximate surface area is 207 Å². The minimum Gasteiger partial charge on any atom is -0.493 e. The number of fused-ring (bicyclic) bond motifs is 1. The summed E-state index contributed by atoms with van der Waals surface area (Å²) in [5.41, 5.74) is 4.03. The summed E-state index contributed by atoms with van der Waals surface area (Å²) >= 11 is 0. The van der Waals surface area contributed by atoms with Gasteiger partial charge in [0.1, 0.15) is 5.75 Å². The number of hydrogen-bond acceptors (Lipinski definition) is 6. The van der Waals surface area contributed by atoms with Crippen molar-refractivity contribution in [2.45, 2.75) is 39.3 Å². The van der Waals surface area contributed by atoms with E-state index >= 15 is 0 Å². The molecule has 0 radical (unpaired) electrons. The second-order valence-electron chi connectivity index (χ2n) is 9.74. The molecule has 0 saturated carbocycles. The van der Waals surface area contributed by atoms with E-state index in [0.717, 1.165) is 59.6 Å². The lowest BCUT2D eigenvalue weighted by molar-refractivity contribution is 0.0230. The first-order valence-corrected chi connectivity index (χ1v) is 12.1. The lowest BCUT2D eigenvalue weighted by Gasteiger charge is -2.23. The van der Waals surface area contributed by atoms with Gasteiger partial charge < -0.3 is 24.8 Å². The SMILES string of the molecule is COC(C)(C)CNCc1cnc2c(C)c(NC(=O)c3ccc(OCC4CCOC4)cc3)ccc2c1. The Balaban J connectivity index is 1.37. The zero-order valence-electron chi connectivity index (χ0n) is 21.0. The van der Waals surface area contributed by atoms with E-state index in [1.54, 1.807) is 19.2 Å². The van der Waals surface area contributed by atoms with Crippen LogP contribution in [0.2, 0.25) is 0 Å². The van der Waals surface area contributed by atoms with E-state index in [0.29, 0.717) is 24.6 Å². The molecule has 7 heteroatoms. The molecule has 186 valence electrons. The third-order valence-corrected chi connectivity index (χ3v) is 6.47. The number of benzene rings is 2. The first-order chi connectivity index (χ1) is 16.8. The van der Waals surface area contributed by atoms with Gasteiger partial charge >= 0.3 is 0 Å². The van der Waals surface area contributed by atoms with Gasteiger partial charge in [-0.25, -0.2) is 0 Å². The summed E-state index contributed by atoms with van der Waals surface area (Å²) in [6.07, 6.45) is 2.91. The number of rotatable bonds is 10. The molecule has 0 bridgehead atoms. The normalized spacial score (nSPS) is 15.9. The summed E-state index contributed by atoms with van der Waals surface area (Å²) in [5, 5.41) is 7.48. The van der Waals surface area contributed by atoms with Gasteiger partial charge in [-0.05, 0) is 74.7 Å². The van der Waals surface area contributed by atoms with Crippen molar-refractivity contribution in [2.24, 2.45) is 5.92 Å². The van der Waals surface area contributed by atoms with Crippen molar-refractivity contribution in [2.75, 3.05) is 38.8 Å². The van der Waals surface area contributed by atoms with Crippen LogP contribution in [0.3, 0.4) is 0 Å². The third kappa shape index (κ3) is 6.57. The number of carbonyl (C=O) groups excluding carboxylic acids is 1. The molecule has 1 atom stereocenters. The van der Waals surface area contributed by atoms with Crippen LogP contribution in [0.1, 0.15) is 41.8 Å². The van der Waals surface area contributed by atoms with Gasteiger partial charge in [0.15, 0.2) is 0 Å². The molecule has 1 unspecified atom stereocenters.